The molecular weight excluding hydrogens is 1080 g/mol. The Bertz CT molecular complexity index is 2210. The third-order valence-corrected chi connectivity index (χ3v) is 13.7. The smallest absolute Gasteiger partial charge is 0.303 e. The Morgan fingerprint density at radius 2 is 1.06 bits per heavy atom. The van der Waals surface area contributed by atoms with Crippen LogP contribution in [0.3, 0.4) is 0 Å². The van der Waals surface area contributed by atoms with Crippen molar-refractivity contribution < 1.29 is 102 Å². The molecule has 1 aliphatic heterocycles. The maximum Gasteiger partial charge on any atom is 0.303 e. The third kappa shape index (κ3) is 29.0. The molecule has 27 nitrogen and oxygen atoms in total. The van der Waals surface area contributed by atoms with E-state index in [0.29, 0.717) is 12.2 Å². The van der Waals surface area contributed by atoms with E-state index in [1.165, 1.54) is 16.7 Å². The van der Waals surface area contributed by atoms with E-state index in [1.54, 1.807) is 13.2 Å². The van der Waals surface area contributed by atoms with Gasteiger partial charge in [0, 0.05) is 101 Å². The molecule has 0 unspecified atom stereocenters. The van der Waals surface area contributed by atoms with Crippen molar-refractivity contribution in [3.8, 4) is 0 Å². The van der Waals surface area contributed by atoms with Gasteiger partial charge in [-0.25, -0.2) is 0 Å². The number of carbonyl (C=O) groups excluding carboxylic acids is 10. The van der Waals surface area contributed by atoms with Crippen molar-refractivity contribution in [3.05, 3.63) is 0 Å². The topological polar surface area (TPSA) is 444 Å². The van der Waals surface area contributed by atoms with Gasteiger partial charge in [-0.3, -0.25) is 71.9 Å². The van der Waals surface area contributed by atoms with Crippen molar-refractivity contribution in [1.29, 1.82) is 0 Å². The van der Waals surface area contributed by atoms with Gasteiger partial charge in [-0.15, -0.1) is 0 Å². The molecule has 0 aromatic carbocycles. The highest BCUT2D eigenvalue weighted by Gasteiger charge is 2.37. The van der Waals surface area contributed by atoms with Crippen molar-refractivity contribution in [2.45, 2.75) is 185 Å². The first-order valence-electron chi connectivity index (χ1n) is 26.6. The predicted molar refractivity (Wildman–Crippen MR) is 283 cm³/mol. The van der Waals surface area contributed by atoms with Crippen molar-refractivity contribution in [2.24, 2.45) is 23.5 Å². The number of nitrogens with two attached hydrogens (primary N) is 1. The highest BCUT2D eigenvalue weighted by Crippen LogP contribution is 2.22. The van der Waals surface area contributed by atoms with Gasteiger partial charge < -0.3 is 62.2 Å². The Kier molecular flexibility index (Phi) is 33.9. The number of carboxylic acid groups (broad SMARTS) is 5. The lowest BCUT2D eigenvalue weighted by Gasteiger charge is -2.27. The van der Waals surface area contributed by atoms with Crippen LogP contribution in [0, 0.1) is 17.8 Å². The largest absolute Gasteiger partial charge is 0.481 e. The maximum atomic E-state index is 13.8. The fourth-order valence-corrected chi connectivity index (χ4v) is 9.23. The summed E-state index contributed by atoms with van der Waals surface area (Å²) in [6.07, 6.45) is -4.81. The minimum Gasteiger partial charge on any atom is -0.481 e. The van der Waals surface area contributed by atoms with E-state index in [0.717, 1.165) is 0 Å². The van der Waals surface area contributed by atoms with Crippen molar-refractivity contribution in [3.63, 3.8) is 0 Å². The van der Waals surface area contributed by atoms with Crippen LogP contribution in [0.2, 0.25) is 0 Å². The fourth-order valence-electron chi connectivity index (χ4n) is 8.63. The lowest BCUT2D eigenvalue weighted by molar-refractivity contribution is -0.142. The molecule has 1 saturated heterocycles. The first-order valence-corrected chi connectivity index (χ1v) is 28.0. The highest BCUT2D eigenvalue weighted by atomic mass is 32.2. The molecule has 1 aliphatic rings. The van der Waals surface area contributed by atoms with E-state index in [2.05, 4.69) is 21.3 Å². The Balaban J connectivity index is 3.10. The summed E-state index contributed by atoms with van der Waals surface area (Å²) in [5.41, 5.74) is 5.79. The van der Waals surface area contributed by atoms with Gasteiger partial charge in [0.25, 0.3) is 0 Å². The Morgan fingerprint density at radius 1 is 0.575 bits per heavy atom. The first-order chi connectivity index (χ1) is 37.6. The Labute approximate surface area is 467 Å². The van der Waals surface area contributed by atoms with Crippen LogP contribution in [0.5, 0.6) is 0 Å². The summed E-state index contributed by atoms with van der Waals surface area (Å²) in [5.74, 6) is -16.2. The molecule has 1 rings (SSSR count). The zero-order chi connectivity index (χ0) is 60.6. The van der Waals surface area contributed by atoms with Crippen molar-refractivity contribution in [1.82, 2.24) is 26.2 Å². The molecule has 0 bridgehead atoms. The van der Waals surface area contributed by atoms with Crippen LogP contribution in [0.25, 0.3) is 0 Å². The summed E-state index contributed by atoms with van der Waals surface area (Å²) in [6, 6.07) is -7.13. The van der Waals surface area contributed by atoms with Crippen LogP contribution >= 0.6 is 11.8 Å². The second kappa shape index (κ2) is 38.1. The quantitative estimate of drug-likeness (QED) is 0.0377. The molecule has 8 atom stereocenters. The number of hydrogen-bond donors (Lipinski definition) is 10. The highest BCUT2D eigenvalue weighted by molar-refractivity contribution is 7.98. The SMILES string of the molecule is CCC(=O)[C@H](CSC)NC(=O)CCC(=O)[C@H](CC(C)C)NC(=O)[C@@H]1CCCN1C(=O)COCCCC(=O)[C@@H](CCC(=O)O)NC(=O)[C@@H](CCC(=O)O)CC(=O)[C@@H](CCC(=O)O)NC(=O)[C@@H](CCC(=O)O)CC(=O)[C@H](N)CCC(=O)O. The summed E-state index contributed by atoms with van der Waals surface area (Å²) in [5, 5.41) is 56.7. The molecule has 0 aromatic rings. The fraction of sp³-hybridized carbons (Fsp3) is 0.712. The number of ether oxygens (including phenoxy) is 1. The summed E-state index contributed by atoms with van der Waals surface area (Å²) in [6.45, 7) is 4.87. The van der Waals surface area contributed by atoms with Crippen LogP contribution in [0.1, 0.15) is 149 Å². The van der Waals surface area contributed by atoms with E-state index >= 15 is 0 Å². The number of carboxylic acids is 5. The molecule has 0 aromatic heterocycles. The van der Waals surface area contributed by atoms with Gasteiger partial charge >= 0.3 is 29.8 Å². The Morgan fingerprint density at radius 3 is 1.56 bits per heavy atom. The van der Waals surface area contributed by atoms with E-state index < -0.39 is 208 Å². The molecule has 450 valence electrons. The number of Topliss-reactive ketones (excluding diaryl/α,β-unsaturated/α-hetero) is 5. The van der Waals surface area contributed by atoms with Gasteiger partial charge in [0.05, 0.1) is 30.2 Å². The lowest BCUT2D eigenvalue weighted by Crippen LogP contribution is -2.52. The van der Waals surface area contributed by atoms with Crippen molar-refractivity contribution in [2.75, 3.05) is 31.8 Å². The summed E-state index contributed by atoms with van der Waals surface area (Å²) in [4.78, 5) is 191. The second-order valence-corrected chi connectivity index (χ2v) is 21.0. The normalized spacial score (nSPS) is 15.7. The van der Waals surface area contributed by atoms with Crippen LogP contribution in [0.15, 0.2) is 0 Å². The molecule has 5 amide bonds. The number of hydrogen-bond acceptors (Lipinski definition) is 18. The van der Waals surface area contributed by atoms with Crippen molar-refractivity contribution >= 4 is 100 Å². The van der Waals surface area contributed by atoms with E-state index in [9.17, 15) is 92.3 Å². The number of amides is 5. The average Bonchev–Trinajstić information content (AvgIpc) is 3.89. The van der Waals surface area contributed by atoms with Crippen LogP contribution in [0.4, 0.5) is 0 Å². The van der Waals surface area contributed by atoms with Crippen LogP contribution in [-0.2, 0) is 76.7 Å². The van der Waals surface area contributed by atoms with Crippen LogP contribution < -0.4 is 27.0 Å². The molecule has 0 aliphatic carbocycles. The molecule has 0 spiro atoms. The summed E-state index contributed by atoms with van der Waals surface area (Å²) in [7, 11) is 0. The third-order valence-electron chi connectivity index (χ3n) is 13.1. The van der Waals surface area contributed by atoms with Gasteiger partial charge in [-0.05, 0) is 70.0 Å². The molecule has 80 heavy (non-hydrogen) atoms. The molecule has 11 N–H and O–H groups in total. The lowest BCUT2D eigenvalue weighted by atomic mass is 9.89. The predicted octanol–water partition coefficient (Wildman–Crippen LogP) is 0.822. The first kappa shape index (κ1) is 71.3. The average molecular weight is 1160 g/mol. The second-order valence-electron chi connectivity index (χ2n) is 20.0. The van der Waals surface area contributed by atoms with Gasteiger partial charge in [-0.1, -0.05) is 20.8 Å². The number of rotatable bonds is 45. The number of ketones is 5. The maximum absolute atomic E-state index is 13.8. The summed E-state index contributed by atoms with van der Waals surface area (Å²) < 4.78 is 5.54. The monoisotopic (exact) mass is 1160 g/mol. The number of aliphatic carboxylic acids is 5. The molecule has 0 saturated carbocycles. The zero-order valence-electron chi connectivity index (χ0n) is 45.9. The summed E-state index contributed by atoms with van der Waals surface area (Å²) >= 11 is 1.39. The number of thioether (sulfide) groups is 1. The van der Waals surface area contributed by atoms with Crippen LogP contribution in [-0.4, -0.2) is 187 Å². The van der Waals surface area contributed by atoms with Gasteiger partial charge in [0.2, 0.25) is 29.5 Å². The van der Waals surface area contributed by atoms with E-state index in [1.807, 2.05) is 13.8 Å². The zero-order valence-corrected chi connectivity index (χ0v) is 46.7. The number of likely N-dealkylation sites (tertiary alicyclic amines) is 1. The number of carbonyl (C=O) groups is 15. The standard InChI is InChI=1S/C52H80N6O21S/c1-5-38(59)36(28-80-4)54-43(64)16-15-40(61)35(24-29(2)3)57-52(78)37-8-6-22-58(37)44(65)27-79-23-7-9-39(60)33(13-20-48(72)73)55-51(77)31(11-18-46(68)69)26-42(63)34(14-21-49(74)75)56-50(76)30(10-17-45(66)67)25-41(62)32(53)12-19-47(70)71/h29-37H,5-28,53H2,1-4H3,(H,54,64)(H,55,77)(H,56,76)(H,57,78)(H,66,67)(H,68,69)(H,70,71)(H,72,73)(H,74,75)/t30-,31-,32+,33+,34+,35-,36-,37-/m0/s1. The molecule has 0 radical (unpaired) electrons. The molecular formula is C52H80N6O21S. The molecule has 1 heterocycles. The minimum atomic E-state index is -1.69. The number of nitrogens with one attached hydrogen (secondary N) is 4. The Hall–Kier alpha value is -6.68. The van der Waals surface area contributed by atoms with Gasteiger partial charge in [0.15, 0.2) is 23.1 Å². The molecule has 1 fully saturated rings. The number of nitrogens with zero attached hydrogens (tertiary/aromatic N) is 1. The van der Waals surface area contributed by atoms with Gasteiger partial charge in [-0.2, -0.15) is 11.8 Å². The van der Waals surface area contributed by atoms with Gasteiger partial charge in [0.1, 0.15) is 18.4 Å². The molecule has 28 heteroatoms. The van der Waals surface area contributed by atoms with E-state index in [4.69, 9.17) is 15.6 Å². The van der Waals surface area contributed by atoms with E-state index in [-0.39, 0.29) is 76.2 Å². The minimum absolute atomic E-state index is 0.0353.